The van der Waals surface area contributed by atoms with Gasteiger partial charge in [0, 0.05) is 18.8 Å². The average molecular weight is 328 g/mol. The summed E-state index contributed by atoms with van der Waals surface area (Å²) < 4.78 is 1.59. The fourth-order valence-electron chi connectivity index (χ4n) is 3.17. The summed E-state index contributed by atoms with van der Waals surface area (Å²) in [5.74, 6) is 1.89. The van der Waals surface area contributed by atoms with Gasteiger partial charge in [-0.3, -0.25) is 0 Å². The lowest BCUT2D eigenvalue weighted by molar-refractivity contribution is 0.195. The first-order valence-electron chi connectivity index (χ1n) is 8.48. The van der Waals surface area contributed by atoms with Gasteiger partial charge in [0.2, 0.25) is 0 Å². The Hall–Kier alpha value is -2.44. The van der Waals surface area contributed by atoms with E-state index in [9.17, 15) is 4.79 Å². The van der Waals surface area contributed by atoms with Crippen molar-refractivity contribution in [2.24, 2.45) is 11.8 Å². The molecular weight excluding hydrogens is 304 g/mol. The maximum absolute atomic E-state index is 12.1. The molecule has 2 N–H and O–H groups in total. The molecule has 128 valence electrons. The van der Waals surface area contributed by atoms with Crippen LogP contribution in [0.5, 0.6) is 0 Å². The average Bonchev–Trinajstić information content (AvgIpc) is 3.12. The largest absolute Gasteiger partial charge is 0.335 e. The summed E-state index contributed by atoms with van der Waals surface area (Å²) in [5, 5.41) is 10.1. The van der Waals surface area contributed by atoms with Gasteiger partial charge in [-0.2, -0.15) is 5.10 Å². The zero-order valence-corrected chi connectivity index (χ0v) is 14.1. The Morgan fingerprint density at radius 3 is 2.92 bits per heavy atom. The van der Waals surface area contributed by atoms with E-state index >= 15 is 0 Å². The molecule has 0 radical (unpaired) electrons. The zero-order valence-electron chi connectivity index (χ0n) is 14.1. The lowest BCUT2D eigenvalue weighted by atomic mass is 9.78. The minimum Gasteiger partial charge on any atom is -0.335 e. The molecule has 0 aliphatic heterocycles. The van der Waals surface area contributed by atoms with E-state index in [2.05, 4.69) is 39.5 Å². The number of amides is 2. The van der Waals surface area contributed by atoms with Crippen LogP contribution in [0, 0.1) is 11.8 Å². The molecule has 1 fully saturated rings. The maximum Gasteiger partial charge on any atom is 0.315 e. The summed E-state index contributed by atoms with van der Waals surface area (Å²) in [6, 6.07) is 3.94. The summed E-state index contributed by atoms with van der Waals surface area (Å²) in [7, 11) is 0. The van der Waals surface area contributed by atoms with E-state index < -0.39 is 0 Å². The van der Waals surface area contributed by atoms with E-state index in [0.29, 0.717) is 24.2 Å². The van der Waals surface area contributed by atoms with Crippen molar-refractivity contribution < 1.29 is 4.79 Å². The molecule has 2 aromatic rings. The fraction of sp³-hybridized carbons (Fsp3) is 0.529. The van der Waals surface area contributed by atoms with Crippen LogP contribution in [0.1, 0.15) is 38.7 Å². The van der Waals surface area contributed by atoms with E-state index in [1.54, 1.807) is 17.2 Å². The van der Waals surface area contributed by atoms with E-state index in [1.807, 2.05) is 12.1 Å². The van der Waals surface area contributed by atoms with Crippen molar-refractivity contribution in [2.45, 2.75) is 45.7 Å². The SMILES string of the molecule is C[C@H]1[C@H](C)CCC[C@@H]1NC(=O)NCc1ccc(-n2cncn2)nc1. The van der Waals surface area contributed by atoms with Gasteiger partial charge in [-0.1, -0.05) is 32.8 Å². The highest BCUT2D eigenvalue weighted by molar-refractivity contribution is 5.74. The van der Waals surface area contributed by atoms with Crippen LogP contribution in [0.15, 0.2) is 31.0 Å². The summed E-state index contributed by atoms with van der Waals surface area (Å²) in [5.41, 5.74) is 0.944. The number of hydrogen-bond donors (Lipinski definition) is 2. The smallest absolute Gasteiger partial charge is 0.315 e. The zero-order chi connectivity index (χ0) is 16.9. The van der Waals surface area contributed by atoms with Crippen molar-refractivity contribution >= 4 is 6.03 Å². The van der Waals surface area contributed by atoms with Crippen LogP contribution in [0.4, 0.5) is 4.79 Å². The quantitative estimate of drug-likeness (QED) is 0.902. The van der Waals surface area contributed by atoms with Gasteiger partial charge in [0.1, 0.15) is 12.7 Å². The maximum atomic E-state index is 12.1. The Labute approximate surface area is 141 Å². The number of rotatable bonds is 4. The highest BCUT2D eigenvalue weighted by atomic mass is 16.2. The van der Waals surface area contributed by atoms with Gasteiger partial charge in [-0.05, 0) is 29.9 Å². The molecule has 2 aromatic heterocycles. The molecule has 1 saturated carbocycles. The highest BCUT2D eigenvalue weighted by Crippen LogP contribution is 2.29. The second-order valence-corrected chi connectivity index (χ2v) is 6.57. The predicted octanol–water partition coefficient (Wildman–Crippen LogP) is 2.29. The second kappa shape index (κ2) is 7.42. The lowest BCUT2D eigenvalue weighted by Gasteiger charge is -2.34. The molecule has 7 heteroatoms. The summed E-state index contributed by atoms with van der Waals surface area (Å²) in [6.45, 7) is 4.94. The molecule has 0 saturated heterocycles. The van der Waals surface area contributed by atoms with Gasteiger partial charge in [0.25, 0.3) is 0 Å². The molecule has 0 aromatic carbocycles. The number of aromatic nitrogens is 4. The topological polar surface area (TPSA) is 84.7 Å². The van der Waals surface area contributed by atoms with Crippen molar-refractivity contribution in [3.05, 3.63) is 36.5 Å². The van der Waals surface area contributed by atoms with Crippen LogP contribution in [0.3, 0.4) is 0 Å². The number of pyridine rings is 1. The Bertz CT molecular complexity index is 654. The molecule has 2 heterocycles. The lowest BCUT2D eigenvalue weighted by Crippen LogP contribution is -2.47. The highest BCUT2D eigenvalue weighted by Gasteiger charge is 2.27. The first kappa shape index (κ1) is 16.4. The second-order valence-electron chi connectivity index (χ2n) is 6.57. The molecular formula is C17H24N6O. The summed E-state index contributed by atoms with van der Waals surface area (Å²) >= 11 is 0. The van der Waals surface area contributed by atoms with Crippen molar-refractivity contribution in [1.82, 2.24) is 30.4 Å². The van der Waals surface area contributed by atoms with Gasteiger partial charge in [0.05, 0.1) is 0 Å². The van der Waals surface area contributed by atoms with Crippen molar-refractivity contribution in [1.29, 1.82) is 0 Å². The Balaban J connectivity index is 1.49. The summed E-state index contributed by atoms with van der Waals surface area (Å²) in [4.78, 5) is 20.3. The first-order valence-corrected chi connectivity index (χ1v) is 8.48. The number of hydrogen-bond acceptors (Lipinski definition) is 4. The monoisotopic (exact) mass is 328 g/mol. The Morgan fingerprint density at radius 2 is 2.21 bits per heavy atom. The first-order chi connectivity index (χ1) is 11.6. The predicted molar refractivity (Wildman–Crippen MR) is 90.5 cm³/mol. The standard InChI is InChI=1S/C17H24N6O/c1-12-4-3-5-15(13(12)2)22-17(24)20-9-14-6-7-16(19-8-14)23-11-18-10-21-23/h6-8,10-13,15H,3-5,9H2,1-2H3,(H2,20,22,24)/t12-,13+,15+/m1/s1. The fourth-order valence-corrected chi connectivity index (χ4v) is 3.17. The van der Waals surface area contributed by atoms with Crippen LogP contribution >= 0.6 is 0 Å². The van der Waals surface area contributed by atoms with Gasteiger partial charge >= 0.3 is 6.03 Å². The minimum absolute atomic E-state index is 0.110. The normalized spacial score (nSPS) is 23.7. The third-order valence-electron chi connectivity index (χ3n) is 4.94. The van der Waals surface area contributed by atoms with Crippen molar-refractivity contribution in [3.8, 4) is 5.82 Å². The Kier molecular flexibility index (Phi) is 5.08. The molecule has 0 unspecified atom stereocenters. The molecule has 1 aliphatic carbocycles. The molecule has 7 nitrogen and oxygen atoms in total. The van der Waals surface area contributed by atoms with Gasteiger partial charge < -0.3 is 10.6 Å². The van der Waals surface area contributed by atoms with E-state index in [-0.39, 0.29) is 12.1 Å². The molecule has 3 atom stereocenters. The van der Waals surface area contributed by atoms with Crippen LogP contribution in [-0.2, 0) is 6.54 Å². The molecule has 1 aliphatic rings. The number of urea groups is 1. The van der Waals surface area contributed by atoms with Crippen molar-refractivity contribution in [2.75, 3.05) is 0 Å². The molecule has 3 rings (SSSR count). The van der Waals surface area contributed by atoms with Crippen LogP contribution in [0.2, 0.25) is 0 Å². The number of nitrogens with one attached hydrogen (secondary N) is 2. The number of carbonyl (C=O) groups is 1. The molecule has 0 spiro atoms. The third kappa shape index (κ3) is 3.90. The molecule has 24 heavy (non-hydrogen) atoms. The van der Waals surface area contributed by atoms with Crippen LogP contribution < -0.4 is 10.6 Å². The van der Waals surface area contributed by atoms with Crippen molar-refractivity contribution in [3.63, 3.8) is 0 Å². The van der Waals surface area contributed by atoms with Gasteiger partial charge in [0.15, 0.2) is 5.82 Å². The summed E-state index contributed by atoms with van der Waals surface area (Å²) in [6.07, 6.45) is 8.30. The van der Waals surface area contributed by atoms with Gasteiger partial charge in [-0.25, -0.2) is 19.4 Å². The van der Waals surface area contributed by atoms with E-state index in [1.165, 1.54) is 19.2 Å². The third-order valence-corrected chi connectivity index (χ3v) is 4.94. The van der Waals surface area contributed by atoms with Gasteiger partial charge in [-0.15, -0.1) is 0 Å². The number of carbonyl (C=O) groups excluding carboxylic acids is 1. The van der Waals surface area contributed by atoms with E-state index in [4.69, 9.17) is 0 Å². The van der Waals surface area contributed by atoms with Crippen LogP contribution in [-0.4, -0.2) is 31.8 Å². The van der Waals surface area contributed by atoms with Crippen LogP contribution in [0.25, 0.3) is 5.82 Å². The molecule has 2 amide bonds. The molecule has 0 bridgehead atoms. The van der Waals surface area contributed by atoms with E-state index in [0.717, 1.165) is 12.0 Å². The number of nitrogens with zero attached hydrogens (tertiary/aromatic N) is 4. The minimum atomic E-state index is -0.110. The Morgan fingerprint density at radius 1 is 1.33 bits per heavy atom.